The lowest BCUT2D eigenvalue weighted by Crippen LogP contribution is -2.00. The van der Waals surface area contributed by atoms with E-state index >= 15 is 0 Å². The standard InChI is InChI=1S/C45H24N4OS/c1-2-11-25(12-3-1)43-46-44(48-45(47-43)32-17-10-16-31-29-15-6-9-20-36(29)50-42(31)32)26-23-33-28-14-5-8-19-35(28)49-34-18-7-4-13-27(34)30-21-22-37-40(41(30)49)39(33)38(24-26)51-37/h1-24H. The SMILES string of the molecule is c1ccc(-c2nc(-c3cc4sc5ccc6c7ccccc7n7c8ccccc8c(c3)c4c5c67)nc(-c3cccc4c3oc3ccccc34)n2)cc1. The zero-order chi connectivity index (χ0) is 33.2. The van der Waals surface area contributed by atoms with Crippen molar-refractivity contribution in [2.45, 2.75) is 0 Å². The smallest absolute Gasteiger partial charge is 0.167 e. The molecule has 0 amide bonds. The minimum absolute atomic E-state index is 0.579. The molecule has 0 spiro atoms. The van der Waals surface area contributed by atoms with Crippen LogP contribution in [-0.2, 0) is 0 Å². The number of rotatable bonds is 3. The topological polar surface area (TPSA) is 56.2 Å². The number of thiophene rings is 1. The van der Waals surface area contributed by atoms with Gasteiger partial charge in [0.25, 0.3) is 0 Å². The first-order chi connectivity index (χ1) is 25.3. The minimum atomic E-state index is 0.579. The summed E-state index contributed by atoms with van der Waals surface area (Å²) >= 11 is 1.83. The van der Waals surface area contributed by atoms with E-state index in [-0.39, 0.29) is 0 Å². The van der Waals surface area contributed by atoms with Crippen LogP contribution in [0.4, 0.5) is 0 Å². The maximum atomic E-state index is 6.46. The van der Waals surface area contributed by atoms with Crippen LogP contribution in [0.15, 0.2) is 150 Å². The van der Waals surface area contributed by atoms with Crippen molar-refractivity contribution in [2.75, 3.05) is 0 Å². The Morgan fingerprint density at radius 1 is 0.451 bits per heavy atom. The zero-order valence-corrected chi connectivity index (χ0v) is 27.8. The van der Waals surface area contributed by atoms with Crippen LogP contribution in [0.5, 0.6) is 0 Å². The Morgan fingerprint density at radius 3 is 1.94 bits per heavy atom. The van der Waals surface area contributed by atoms with Crippen molar-refractivity contribution in [3.05, 3.63) is 146 Å². The molecule has 12 aromatic rings. The average Bonchev–Trinajstić information content (AvgIpc) is 3.84. The fourth-order valence-electron chi connectivity index (χ4n) is 8.19. The van der Waals surface area contributed by atoms with Gasteiger partial charge in [0.15, 0.2) is 17.5 Å². The van der Waals surface area contributed by atoms with Crippen LogP contribution >= 0.6 is 11.3 Å². The second-order valence-electron chi connectivity index (χ2n) is 13.2. The van der Waals surface area contributed by atoms with Crippen molar-refractivity contribution in [1.29, 1.82) is 0 Å². The molecule has 0 saturated carbocycles. The highest BCUT2D eigenvalue weighted by molar-refractivity contribution is 7.26. The summed E-state index contributed by atoms with van der Waals surface area (Å²) in [4.78, 5) is 15.5. The molecule has 7 aromatic carbocycles. The van der Waals surface area contributed by atoms with Crippen LogP contribution in [0.1, 0.15) is 0 Å². The van der Waals surface area contributed by atoms with E-state index in [2.05, 4.69) is 95.4 Å². The van der Waals surface area contributed by atoms with E-state index in [9.17, 15) is 0 Å². The lowest BCUT2D eigenvalue weighted by atomic mass is 10.0. The number of para-hydroxylation sites is 4. The van der Waals surface area contributed by atoms with Crippen molar-refractivity contribution in [3.8, 4) is 34.2 Å². The van der Waals surface area contributed by atoms with Gasteiger partial charge in [0.1, 0.15) is 11.2 Å². The normalized spacial score (nSPS) is 12.3. The van der Waals surface area contributed by atoms with Gasteiger partial charge in [-0.05, 0) is 47.9 Å². The van der Waals surface area contributed by atoms with Crippen molar-refractivity contribution in [3.63, 3.8) is 0 Å². The number of hydrogen-bond acceptors (Lipinski definition) is 5. The van der Waals surface area contributed by atoms with E-state index in [1.54, 1.807) is 0 Å². The molecule has 0 atom stereocenters. The number of aromatic nitrogens is 4. The predicted molar refractivity (Wildman–Crippen MR) is 211 cm³/mol. The Morgan fingerprint density at radius 2 is 1.12 bits per heavy atom. The molecular weight excluding hydrogens is 645 g/mol. The highest BCUT2D eigenvalue weighted by Gasteiger charge is 2.23. The third-order valence-electron chi connectivity index (χ3n) is 10.4. The first-order valence-electron chi connectivity index (χ1n) is 17.0. The van der Waals surface area contributed by atoms with Gasteiger partial charge in [0.2, 0.25) is 0 Å². The molecule has 0 bridgehead atoms. The third kappa shape index (κ3) is 3.71. The van der Waals surface area contributed by atoms with Crippen LogP contribution < -0.4 is 0 Å². The van der Waals surface area contributed by atoms with Crippen LogP contribution in [0.25, 0.3) is 114 Å². The molecule has 0 N–H and O–H groups in total. The zero-order valence-electron chi connectivity index (χ0n) is 27.0. The Balaban J connectivity index is 1.20. The summed E-state index contributed by atoms with van der Waals surface area (Å²) in [7, 11) is 0. The van der Waals surface area contributed by atoms with Gasteiger partial charge < -0.3 is 8.82 Å². The molecule has 5 heterocycles. The molecule has 12 rings (SSSR count). The third-order valence-corrected chi connectivity index (χ3v) is 11.5. The van der Waals surface area contributed by atoms with Crippen LogP contribution in [0, 0.1) is 0 Å². The maximum Gasteiger partial charge on any atom is 0.167 e. The molecule has 0 fully saturated rings. The van der Waals surface area contributed by atoms with Gasteiger partial charge in [-0.15, -0.1) is 11.3 Å². The summed E-state index contributed by atoms with van der Waals surface area (Å²) in [6.45, 7) is 0. The Labute approximate surface area is 294 Å². The summed E-state index contributed by atoms with van der Waals surface area (Å²) in [5, 5.41) is 9.62. The molecule has 0 saturated heterocycles. The van der Waals surface area contributed by atoms with Gasteiger partial charge in [-0.25, -0.2) is 15.0 Å². The summed E-state index contributed by atoms with van der Waals surface area (Å²) in [6, 6.07) is 51.2. The lowest BCUT2D eigenvalue weighted by molar-refractivity contribution is 0.669. The highest BCUT2D eigenvalue weighted by atomic mass is 32.1. The Bertz CT molecular complexity index is 3360. The van der Waals surface area contributed by atoms with E-state index in [0.29, 0.717) is 17.5 Å². The maximum absolute atomic E-state index is 6.46. The first-order valence-corrected chi connectivity index (χ1v) is 17.8. The second-order valence-corrected chi connectivity index (χ2v) is 14.2. The minimum Gasteiger partial charge on any atom is -0.455 e. The van der Waals surface area contributed by atoms with E-state index in [0.717, 1.165) is 38.6 Å². The van der Waals surface area contributed by atoms with E-state index in [1.165, 1.54) is 58.3 Å². The van der Waals surface area contributed by atoms with Gasteiger partial charge in [-0.2, -0.15) is 0 Å². The van der Waals surface area contributed by atoms with E-state index < -0.39 is 0 Å². The monoisotopic (exact) mass is 668 g/mol. The molecule has 0 aliphatic heterocycles. The van der Waals surface area contributed by atoms with Crippen molar-refractivity contribution in [2.24, 2.45) is 0 Å². The number of fused-ring (bicyclic) bond motifs is 9. The summed E-state index contributed by atoms with van der Waals surface area (Å²) in [5.41, 5.74) is 7.99. The lowest BCUT2D eigenvalue weighted by Gasteiger charge is -2.10. The van der Waals surface area contributed by atoms with Crippen LogP contribution in [0.2, 0.25) is 0 Å². The van der Waals surface area contributed by atoms with Crippen molar-refractivity contribution >= 4 is 91.5 Å². The van der Waals surface area contributed by atoms with Gasteiger partial charge in [0, 0.05) is 58.2 Å². The fraction of sp³-hybridized carbons (Fsp3) is 0. The first kappa shape index (κ1) is 27.2. The molecule has 0 unspecified atom stereocenters. The van der Waals surface area contributed by atoms with Crippen molar-refractivity contribution in [1.82, 2.24) is 19.4 Å². The number of nitrogens with zero attached hydrogens (tertiary/aromatic N) is 4. The van der Waals surface area contributed by atoms with Gasteiger partial charge >= 0.3 is 0 Å². The molecule has 236 valence electrons. The summed E-state index contributed by atoms with van der Waals surface area (Å²) in [5.74, 6) is 1.82. The van der Waals surface area contributed by atoms with E-state index in [4.69, 9.17) is 19.4 Å². The average molecular weight is 669 g/mol. The molecule has 0 aliphatic carbocycles. The number of hydrogen-bond donors (Lipinski definition) is 0. The van der Waals surface area contributed by atoms with Gasteiger partial charge in [-0.3, -0.25) is 0 Å². The van der Waals surface area contributed by atoms with Crippen LogP contribution in [-0.4, -0.2) is 19.4 Å². The largest absolute Gasteiger partial charge is 0.455 e. The predicted octanol–water partition coefficient (Wildman–Crippen LogP) is 12.3. The number of benzene rings is 7. The highest BCUT2D eigenvalue weighted by Crippen LogP contribution is 2.47. The molecule has 5 aromatic heterocycles. The molecule has 0 aliphatic rings. The molecular formula is C45H24N4OS. The van der Waals surface area contributed by atoms with Crippen molar-refractivity contribution < 1.29 is 4.42 Å². The molecule has 0 radical (unpaired) electrons. The molecule has 6 heteroatoms. The Kier molecular flexibility index (Phi) is 5.32. The molecule has 51 heavy (non-hydrogen) atoms. The van der Waals surface area contributed by atoms with Crippen LogP contribution in [0.3, 0.4) is 0 Å². The second kappa shape index (κ2) is 9.97. The summed E-state index contributed by atoms with van der Waals surface area (Å²) < 4.78 is 11.4. The molecule has 5 nitrogen and oxygen atoms in total. The number of furan rings is 1. The van der Waals surface area contributed by atoms with Gasteiger partial charge in [-0.1, -0.05) is 103 Å². The van der Waals surface area contributed by atoms with Gasteiger partial charge in [0.05, 0.1) is 22.1 Å². The quantitative estimate of drug-likeness (QED) is 0.188. The fourth-order valence-corrected chi connectivity index (χ4v) is 9.37. The van der Waals surface area contributed by atoms with E-state index in [1.807, 2.05) is 65.9 Å². The Hall–Kier alpha value is -6.63. The summed E-state index contributed by atoms with van der Waals surface area (Å²) in [6.07, 6.45) is 0.